The molecule has 4 aromatic carbocycles. The Hall–Kier alpha value is -4.92. The summed E-state index contributed by atoms with van der Waals surface area (Å²) < 4.78 is 18.9. The molecular weight excluding hydrogens is 608 g/mol. The first-order valence-corrected chi connectivity index (χ1v) is 15.5. The molecule has 0 N–H and O–H groups in total. The van der Waals surface area contributed by atoms with E-state index in [1.165, 1.54) is 11.3 Å². The number of benzene rings is 4. The molecule has 1 aliphatic rings. The Labute approximate surface area is 268 Å². The summed E-state index contributed by atoms with van der Waals surface area (Å²) in [4.78, 5) is 33.1. The van der Waals surface area contributed by atoms with E-state index >= 15 is 0 Å². The number of carbonyl (C=O) groups is 1. The van der Waals surface area contributed by atoms with E-state index in [-0.39, 0.29) is 12.2 Å². The van der Waals surface area contributed by atoms with Gasteiger partial charge in [-0.1, -0.05) is 95.7 Å². The van der Waals surface area contributed by atoms with E-state index in [1.54, 1.807) is 18.6 Å². The Balaban J connectivity index is 1.44. The number of esters is 1. The number of aromatic nitrogens is 1. The number of thiazole rings is 1. The van der Waals surface area contributed by atoms with Gasteiger partial charge in [0.05, 0.1) is 35.6 Å². The van der Waals surface area contributed by atoms with Gasteiger partial charge in [-0.2, -0.15) is 0 Å². The van der Waals surface area contributed by atoms with Crippen molar-refractivity contribution in [1.82, 2.24) is 4.57 Å². The highest BCUT2D eigenvalue weighted by Gasteiger charge is 2.35. The largest absolute Gasteiger partial charge is 0.497 e. The zero-order valence-electron chi connectivity index (χ0n) is 24.6. The summed E-state index contributed by atoms with van der Waals surface area (Å²) in [7, 11) is 1.59. The van der Waals surface area contributed by atoms with Crippen molar-refractivity contribution >= 4 is 40.7 Å². The minimum Gasteiger partial charge on any atom is -0.497 e. The van der Waals surface area contributed by atoms with Crippen LogP contribution in [0.25, 0.3) is 11.8 Å². The summed E-state index contributed by atoms with van der Waals surface area (Å²) in [5.74, 6) is 0.817. The van der Waals surface area contributed by atoms with Crippen LogP contribution >= 0.6 is 22.9 Å². The first kappa shape index (κ1) is 30.1. The van der Waals surface area contributed by atoms with Crippen molar-refractivity contribution in [2.45, 2.75) is 19.6 Å². The van der Waals surface area contributed by atoms with Crippen LogP contribution in [-0.2, 0) is 16.1 Å². The maximum atomic E-state index is 14.1. The molecule has 0 saturated heterocycles. The predicted octanol–water partition coefficient (Wildman–Crippen LogP) is 6.18. The van der Waals surface area contributed by atoms with E-state index < -0.39 is 12.0 Å². The van der Waals surface area contributed by atoms with Gasteiger partial charge < -0.3 is 14.2 Å². The van der Waals surface area contributed by atoms with Crippen LogP contribution in [0.2, 0.25) is 5.02 Å². The Morgan fingerprint density at radius 3 is 2.31 bits per heavy atom. The monoisotopic (exact) mass is 636 g/mol. The molecule has 0 spiro atoms. The summed E-state index contributed by atoms with van der Waals surface area (Å²) in [5.41, 5.74) is 3.72. The van der Waals surface area contributed by atoms with Crippen molar-refractivity contribution in [2.75, 3.05) is 13.7 Å². The fraction of sp³-hybridized carbons (Fsp3) is 0.139. The molecule has 1 unspecified atom stereocenters. The highest BCUT2D eigenvalue weighted by molar-refractivity contribution is 7.07. The Bertz CT molecular complexity index is 2050. The molecule has 1 aromatic heterocycles. The van der Waals surface area contributed by atoms with Crippen molar-refractivity contribution in [3.8, 4) is 11.5 Å². The van der Waals surface area contributed by atoms with E-state index in [9.17, 15) is 9.59 Å². The van der Waals surface area contributed by atoms with Gasteiger partial charge in [0.15, 0.2) is 4.80 Å². The quantitative estimate of drug-likeness (QED) is 0.181. The van der Waals surface area contributed by atoms with Gasteiger partial charge in [-0.3, -0.25) is 9.36 Å². The van der Waals surface area contributed by atoms with E-state index in [0.29, 0.717) is 43.7 Å². The van der Waals surface area contributed by atoms with E-state index in [2.05, 4.69) is 0 Å². The lowest BCUT2D eigenvalue weighted by Crippen LogP contribution is -2.40. The zero-order valence-corrected chi connectivity index (χ0v) is 26.2. The fourth-order valence-corrected chi connectivity index (χ4v) is 6.32. The highest BCUT2D eigenvalue weighted by atomic mass is 35.5. The molecule has 226 valence electrons. The number of hydrogen-bond donors (Lipinski definition) is 0. The number of rotatable bonds is 9. The minimum atomic E-state index is -0.760. The van der Waals surface area contributed by atoms with Gasteiger partial charge in [-0.15, -0.1) is 0 Å². The summed E-state index contributed by atoms with van der Waals surface area (Å²) in [6.07, 6.45) is 1.82. The maximum Gasteiger partial charge on any atom is 0.338 e. The molecule has 0 aliphatic carbocycles. The van der Waals surface area contributed by atoms with E-state index in [1.807, 2.05) is 109 Å². The minimum absolute atomic E-state index is 0.183. The van der Waals surface area contributed by atoms with Crippen LogP contribution < -0.4 is 24.4 Å². The van der Waals surface area contributed by atoms with Gasteiger partial charge in [0.1, 0.15) is 18.1 Å². The standard InChI is InChI=1S/C36H29ClN2O5S/c1-3-43-35(41)31-32(24-9-5-4-6-10-24)38-36-39(33(31)25-15-19-27(42-2)20-16-25)34(40)30(45-36)21-23-13-17-28(18-14-23)44-22-26-11-7-8-12-29(26)37/h4-21,33H,3,22H2,1-2H3/b30-21-. The van der Waals surface area contributed by atoms with Gasteiger partial charge >= 0.3 is 5.97 Å². The summed E-state index contributed by atoms with van der Waals surface area (Å²) in [6.45, 7) is 2.28. The number of ether oxygens (including phenoxy) is 3. The second-order valence-corrected chi connectivity index (χ2v) is 11.6. The number of carbonyl (C=O) groups excluding carboxylic acids is 1. The molecule has 1 atom stereocenters. The second kappa shape index (κ2) is 13.4. The smallest absolute Gasteiger partial charge is 0.338 e. The molecule has 6 rings (SSSR count). The van der Waals surface area contributed by atoms with Crippen LogP contribution in [0.15, 0.2) is 118 Å². The van der Waals surface area contributed by atoms with Gasteiger partial charge in [0.25, 0.3) is 5.56 Å². The van der Waals surface area contributed by atoms with Crippen LogP contribution in [0.5, 0.6) is 11.5 Å². The molecule has 7 nitrogen and oxygen atoms in total. The second-order valence-electron chi connectivity index (χ2n) is 10.2. The number of methoxy groups -OCH3 is 1. The van der Waals surface area contributed by atoms with Gasteiger partial charge in [0.2, 0.25) is 0 Å². The summed E-state index contributed by atoms with van der Waals surface area (Å²) in [5, 5.41) is 0.652. The molecule has 0 bridgehead atoms. The Morgan fingerprint density at radius 1 is 0.933 bits per heavy atom. The van der Waals surface area contributed by atoms with Crippen molar-refractivity contribution in [3.05, 3.63) is 156 Å². The predicted molar refractivity (Wildman–Crippen MR) is 176 cm³/mol. The Morgan fingerprint density at radius 2 is 1.62 bits per heavy atom. The van der Waals surface area contributed by atoms with Crippen LogP contribution in [0.1, 0.15) is 35.2 Å². The highest BCUT2D eigenvalue weighted by Crippen LogP contribution is 2.35. The van der Waals surface area contributed by atoms with Crippen molar-refractivity contribution in [3.63, 3.8) is 0 Å². The van der Waals surface area contributed by atoms with Crippen LogP contribution in [0.4, 0.5) is 0 Å². The number of halogens is 1. The Kier molecular flexibility index (Phi) is 8.96. The van der Waals surface area contributed by atoms with E-state index in [0.717, 1.165) is 22.3 Å². The zero-order chi connectivity index (χ0) is 31.3. The van der Waals surface area contributed by atoms with Crippen LogP contribution in [0, 0.1) is 0 Å². The third kappa shape index (κ3) is 6.34. The first-order chi connectivity index (χ1) is 22.0. The van der Waals surface area contributed by atoms with Crippen molar-refractivity contribution in [2.24, 2.45) is 4.99 Å². The third-order valence-electron chi connectivity index (χ3n) is 7.34. The lowest BCUT2D eigenvalue weighted by molar-refractivity contribution is -0.138. The molecule has 0 amide bonds. The summed E-state index contributed by atoms with van der Waals surface area (Å²) in [6, 6.07) is 31.1. The van der Waals surface area contributed by atoms with Gasteiger partial charge in [-0.25, -0.2) is 9.79 Å². The van der Waals surface area contributed by atoms with Crippen LogP contribution in [-0.4, -0.2) is 24.3 Å². The maximum absolute atomic E-state index is 14.1. The molecule has 45 heavy (non-hydrogen) atoms. The SMILES string of the molecule is CCOC(=O)C1=C(c2ccccc2)N=c2s/c(=C\c3ccc(OCc4ccccc4Cl)cc3)c(=O)n2C1c1ccc(OC)cc1. The van der Waals surface area contributed by atoms with Gasteiger partial charge in [-0.05, 0) is 54.5 Å². The van der Waals surface area contributed by atoms with Crippen molar-refractivity contribution < 1.29 is 19.0 Å². The van der Waals surface area contributed by atoms with Crippen LogP contribution in [0.3, 0.4) is 0 Å². The molecular formula is C36H29ClN2O5S. The number of hydrogen-bond acceptors (Lipinski definition) is 7. The average molecular weight is 637 g/mol. The molecule has 1 aliphatic heterocycles. The van der Waals surface area contributed by atoms with Gasteiger partial charge in [0, 0.05) is 16.1 Å². The normalized spacial score (nSPS) is 14.5. The molecule has 2 heterocycles. The molecule has 0 saturated carbocycles. The topological polar surface area (TPSA) is 79.1 Å². The lowest BCUT2D eigenvalue weighted by Gasteiger charge is -2.26. The average Bonchev–Trinajstić information content (AvgIpc) is 3.38. The molecule has 9 heteroatoms. The fourth-order valence-electron chi connectivity index (χ4n) is 5.13. The molecule has 0 radical (unpaired) electrons. The number of nitrogens with zero attached hydrogens (tertiary/aromatic N) is 2. The lowest BCUT2D eigenvalue weighted by atomic mass is 9.93. The molecule has 5 aromatic rings. The number of fused-ring (bicyclic) bond motifs is 1. The first-order valence-electron chi connectivity index (χ1n) is 14.4. The third-order valence-corrected chi connectivity index (χ3v) is 8.69. The van der Waals surface area contributed by atoms with Crippen molar-refractivity contribution in [1.29, 1.82) is 0 Å². The van der Waals surface area contributed by atoms with E-state index in [4.69, 9.17) is 30.8 Å². The molecule has 0 fully saturated rings. The summed E-state index contributed by atoms with van der Waals surface area (Å²) >= 11 is 7.53.